The van der Waals surface area contributed by atoms with Gasteiger partial charge in [0.15, 0.2) is 12.4 Å². The van der Waals surface area contributed by atoms with Crippen LogP contribution in [0.5, 0.6) is 0 Å². The van der Waals surface area contributed by atoms with Crippen LogP contribution in [0.15, 0.2) is 18.2 Å². The molecule has 3 nitrogen and oxygen atoms in total. The lowest BCUT2D eigenvalue weighted by molar-refractivity contribution is -0.168. The van der Waals surface area contributed by atoms with E-state index in [0.717, 1.165) is 44.9 Å². The van der Waals surface area contributed by atoms with E-state index < -0.39 is 5.41 Å². The van der Waals surface area contributed by atoms with Gasteiger partial charge in [0.25, 0.3) is 0 Å². The Bertz CT molecular complexity index is 785. The molecule has 6 rings (SSSR count). The number of esters is 1. The van der Waals surface area contributed by atoms with Gasteiger partial charge in [0.1, 0.15) is 0 Å². The Hall–Kier alpha value is -1.35. The predicted molar refractivity (Wildman–Crippen MR) is 104 cm³/mol. The molecular weight excluding hydrogens is 360 g/mol. The van der Waals surface area contributed by atoms with E-state index in [9.17, 15) is 9.59 Å². The number of alkyl halides is 1. The number of carbonyl (C=O) groups excluding carboxylic acids is 2. The molecule has 0 spiro atoms. The van der Waals surface area contributed by atoms with E-state index in [0.29, 0.717) is 17.4 Å². The molecule has 5 aliphatic rings. The number of fused-ring (bicyclic) bond motifs is 1. The SMILES string of the molecule is O=C(COC(=O)C12C[C@@H]3C[C@@H](CC(Cl)(C3)C1)C2)c1ccc2c(c1)CCCC2. The van der Waals surface area contributed by atoms with E-state index in [4.69, 9.17) is 16.3 Å². The Morgan fingerprint density at radius 2 is 1.74 bits per heavy atom. The van der Waals surface area contributed by atoms with Crippen LogP contribution in [-0.2, 0) is 22.4 Å². The molecule has 0 heterocycles. The molecule has 4 heteroatoms. The van der Waals surface area contributed by atoms with Gasteiger partial charge in [0.05, 0.1) is 5.41 Å². The molecule has 0 saturated heterocycles. The maximum atomic E-state index is 13.0. The van der Waals surface area contributed by atoms with Crippen molar-refractivity contribution in [2.24, 2.45) is 17.3 Å². The first kappa shape index (κ1) is 17.7. The van der Waals surface area contributed by atoms with Crippen LogP contribution in [-0.4, -0.2) is 23.2 Å². The topological polar surface area (TPSA) is 43.4 Å². The van der Waals surface area contributed by atoms with Crippen LogP contribution < -0.4 is 0 Å². The van der Waals surface area contributed by atoms with E-state index in [1.54, 1.807) is 0 Å². The Balaban J connectivity index is 1.26. The number of rotatable bonds is 4. The monoisotopic (exact) mass is 386 g/mol. The van der Waals surface area contributed by atoms with Gasteiger partial charge in [-0.15, -0.1) is 11.6 Å². The molecule has 0 aromatic heterocycles. The van der Waals surface area contributed by atoms with E-state index in [-0.39, 0.29) is 23.2 Å². The van der Waals surface area contributed by atoms with Crippen LogP contribution in [0.2, 0.25) is 0 Å². The first-order valence-corrected chi connectivity index (χ1v) is 10.8. The number of ether oxygens (including phenoxy) is 1. The Morgan fingerprint density at radius 1 is 1.04 bits per heavy atom. The Kier molecular flexibility index (Phi) is 4.16. The Labute approximate surface area is 165 Å². The second-order valence-electron chi connectivity index (χ2n) is 9.58. The standard InChI is InChI=1S/C23H27ClO3/c24-23-11-15-7-16(12-23)10-22(9-15,14-23)21(26)27-13-20(25)19-6-5-17-3-1-2-4-18(17)8-19/h5-6,8,15-16H,1-4,7,9-14H2/t15-,16+,22?,23?. The minimum Gasteiger partial charge on any atom is -0.457 e. The largest absolute Gasteiger partial charge is 0.457 e. The summed E-state index contributed by atoms with van der Waals surface area (Å²) in [6, 6.07) is 5.96. The summed E-state index contributed by atoms with van der Waals surface area (Å²) in [5.74, 6) is 0.815. The molecule has 0 aliphatic heterocycles. The summed E-state index contributed by atoms with van der Waals surface area (Å²) < 4.78 is 5.59. The first-order valence-electron chi connectivity index (χ1n) is 10.5. The molecule has 27 heavy (non-hydrogen) atoms. The molecule has 2 unspecified atom stereocenters. The number of carbonyl (C=O) groups is 2. The fourth-order valence-corrected chi connectivity index (χ4v) is 7.36. The summed E-state index contributed by atoms with van der Waals surface area (Å²) in [6.45, 7) is -0.149. The number of Topliss-reactive ketones (excluding diaryl/α,β-unsaturated/α-hetero) is 1. The van der Waals surface area contributed by atoms with Gasteiger partial charge in [-0.1, -0.05) is 12.1 Å². The summed E-state index contributed by atoms with van der Waals surface area (Å²) in [7, 11) is 0. The van der Waals surface area contributed by atoms with Gasteiger partial charge in [-0.3, -0.25) is 9.59 Å². The van der Waals surface area contributed by atoms with E-state index in [1.165, 1.54) is 30.4 Å². The summed E-state index contributed by atoms with van der Waals surface area (Å²) >= 11 is 6.82. The molecule has 4 fully saturated rings. The molecule has 4 atom stereocenters. The van der Waals surface area contributed by atoms with Gasteiger partial charge in [0.2, 0.25) is 0 Å². The average molecular weight is 387 g/mol. The van der Waals surface area contributed by atoms with Crippen LogP contribution in [0.25, 0.3) is 0 Å². The van der Waals surface area contributed by atoms with Crippen molar-refractivity contribution in [2.45, 2.75) is 69.1 Å². The molecule has 5 aliphatic carbocycles. The smallest absolute Gasteiger partial charge is 0.312 e. The molecule has 0 N–H and O–H groups in total. The third-order valence-corrected chi connectivity index (χ3v) is 7.87. The minimum absolute atomic E-state index is 0.0953. The molecular formula is C23H27ClO3. The third kappa shape index (κ3) is 3.12. The number of ketones is 1. The minimum atomic E-state index is -0.442. The van der Waals surface area contributed by atoms with E-state index in [2.05, 4.69) is 6.07 Å². The average Bonchev–Trinajstić information content (AvgIpc) is 2.63. The van der Waals surface area contributed by atoms with Crippen molar-refractivity contribution < 1.29 is 14.3 Å². The zero-order valence-electron chi connectivity index (χ0n) is 15.8. The molecule has 1 aromatic carbocycles. The molecule has 1 aromatic rings. The quantitative estimate of drug-likeness (QED) is 0.421. The van der Waals surface area contributed by atoms with Crippen LogP contribution in [0.1, 0.15) is 72.9 Å². The number of halogens is 1. The molecule has 4 saturated carbocycles. The van der Waals surface area contributed by atoms with Crippen LogP contribution >= 0.6 is 11.6 Å². The van der Waals surface area contributed by atoms with Gasteiger partial charge in [-0.25, -0.2) is 0 Å². The fourth-order valence-electron chi connectivity index (χ4n) is 6.66. The molecule has 0 amide bonds. The molecule has 4 bridgehead atoms. The summed E-state index contributed by atoms with van der Waals surface area (Å²) in [5, 5.41) is 0. The Morgan fingerprint density at radius 3 is 2.44 bits per heavy atom. The van der Waals surface area contributed by atoms with Crippen molar-refractivity contribution in [3.05, 3.63) is 34.9 Å². The summed E-state index contributed by atoms with van der Waals surface area (Å²) in [6.07, 6.45) is 10.3. The van der Waals surface area contributed by atoms with Crippen LogP contribution in [0, 0.1) is 17.3 Å². The van der Waals surface area contributed by atoms with Crippen molar-refractivity contribution >= 4 is 23.4 Å². The number of aryl methyl sites for hydroxylation is 2. The molecule has 144 valence electrons. The lowest BCUT2D eigenvalue weighted by Gasteiger charge is -2.58. The van der Waals surface area contributed by atoms with Gasteiger partial charge in [-0.05, 0) is 93.2 Å². The van der Waals surface area contributed by atoms with E-state index in [1.807, 2.05) is 12.1 Å². The highest BCUT2D eigenvalue weighted by Gasteiger charge is 2.60. The van der Waals surface area contributed by atoms with Crippen molar-refractivity contribution in [2.75, 3.05) is 6.61 Å². The van der Waals surface area contributed by atoms with Gasteiger partial charge in [-0.2, -0.15) is 0 Å². The van der Waals surface area contributed by atoms with Crippen molar-refractivity contribution in [1.29, 1.82) is 0 Å². The highest BCUT2D eigenvalue weighted by Crippen LogP contribution is 2.64. The maximum absolute atomic E-state index is 13.0. The maximum Gasteiger partial charge on any atom is 0.312 e. The summed E-state index contributed by atoms with van der Waals surface area (Å²) in [5.41, 5.74) is 2.87. The second kappa shape index (κ2) is 6.34. The molecule has 0 radical (unpaired) electrons. The van der Waals surface area contributed by atoms with Crippen molar-refractivity contribution in [3.8, 4) is 0 Å². The van der Waals surface area contributed by atoms with E-state index >= 15 is 0 Å². The highest BCUT2D eigenvalue weighted by molar-refractivity contribution is 6.24. The second-order valence-corrected chi connectivity index (χ2v) is 10.4. The normalized spacial score (nSPS) is 36.3. The van der Waals surface area contributed by atoms with Gasteiger partial charge < -0.3 is 4.74 Å². The zero-order valence-corrected chi connectivity index (χ0v) is 16.5. The third-order valence-electron chi connectivity index (χ3n) is 7.43. The van der Waals surface area contributed by atoms with Gasteiger partial charge >= 0.3 is 5.97 Å². The predicted octanol–water partition coefficient (Wildman–Crippen LogP) is 4.87. The van der Waals surface area contributed by atoms with Gasteiger partial charge in [0, 0.05) is 10.4 Å². The lowest BCUT2D eigenvalue weighted by Crippen LogP contribution is -2.56. The highest BCUT2D eigenvalue weighted by atomic mass is 35.5. The fraction of sp³-hybridized carbons (Fsp3) is 0.652. The van der Waals surface area contributed by atoms with Crippen molar-refractivity contribution in [1.82, 2.24) is 0 Å². The number of hydrogen-bond donors (Lipinski definition) is 0. The lowest BCUT2D eigenvalue weighted by atomic mass is 9.49. The first-order chi connectivity index (χ1) is 12.9. The van der Waals surface area contributed by atoms with Crippen LogP contribution in [0.4, 0.5) is 0 Å². The number of hydrogen-bond acceptors (Lipinski definition) is 3. The van der Waals surface area contributed by atoms with Crippen LogP contribution in [0.3, 0.4) is 0 Å². The number of benzene rings is 1. The van der Waals surface area contributed by atoms with Crippen molar-refractivity contribution in [3.63, 3.8) is 0 Å². The summed E-state index contributed by atoms with van der Waals surface area (Å²) in [4.78, 5) is 25.4. The zero-order chi connectivity index (χ0) is 18.6.